The Kier molecular flexibility index (Phi) is 4.56. The fraction of sp³-hybridized carbons (Fsp3) is 0.200. The van der Waals surface area contributed by atoms with E-state index in [1.807, 2.05) is 0 Å². The van der Waals surface area contributed by atoms with Gasteiger partial charge in [-0.2, -0.15) is 13.2 Å². The summed E-state index contributed by atoms with van der Waals surface area (Å²) in [6.07, 6.45) is -3.46. The van der Waals surface area contributed by atoms with Gasteiger partial charge >= 0.3 is 6.18 Å². The minimum Gasteiger partial charge on any atom is -0.399 e. The van der Waals surface area contributed by atoms with Crippen molar-refractivity contribution < 1.29 is 21.6 Å². The Bertz CT molecular complexity index is 770. The molecule has 0 aliphatic heterocycles. The summed E-state index contributed by atoms with van der Waals surface area (Å²) in [7, 11) is -3.65. The number of nitrogens with two attached hydrogens (primary N) is 1. The molecule has 0 radical (unpaired) electrons. The first-order valence-electron chi connectivity index (χ1n) is 6.57. The second-order valence-corrected chi connectivity index (χ2v) is 6.96. The predicted molar refractivity (Wildman–Crippen MR) is 83.3 cm³/mol. The summed E-state index contributed by atoms with van der Waals surface area (Å²) in [5, 5.41) is 0. The molecule has 8 heteroatoms. The molecule has 2 N–H and O–H groups in total. The normalized spacial score (nSPS) is 12.2. The molecule has 23 heavy (non-hydrogen) atoms. The van der Waals surface area contributed by atoms with Crippen LogP contribution in [-0.4, -0.2) is 14.7 Å². The van der Waals surface area contributed by atoms with Crippen LogP contribution in [0.15, 0.2) is 48.5 Å². The molecular weight excluding hydrogens is 329 g/mol. The lowest BCUT2D eigenvalue weighted by atomic mass is 10.2. The van der Waals surface area contributed by atoms with Crippen LogP contribution in [0.2, 0.25) is 0 Å². The molecule has 0 aliphatic carbocycles. The molecule has 0 atom stereocenters. The summed E-state index contributed by atoms with van der Waals surface area (Å²) in [4.78, 5) is 0. The summed E-state index contributed by atoms with van der Waals surface area (Å²) in [6, 6.07) is 10.6. The van der Waals surface area contributed by atoms with Crippen LogP contribution in [0, 0.1) is 0 Å². The molecule has 124 valence electrons. The maximum absolute atomic E-state index is 12.6. The first-order valence-corrected chi connectivity index (χ1v) is 8.41. The van der Waals surface area contributed by atoms with Crippen LogP contribution in [0.4, 0.5) is 24.5 Å². The molecule has 0 amide bonds. The average molecular weight is 344 g/mol. The molecule has 0 fully saturated rings. The van der Waals surface area contributed by atoms with Crippen molar-refractivity contribution in [1.82, 2.24) is 0 Å². The van der Waals surface area contributed by atoms with Gasteiger partial charge in [-0.25, -0.2) is 8.42 Å². The second kappa shape index (κ2) is 6.11. The van der Waals surface area contributed by atoms with E-state index >= 15 is 0 Å². The van der Waals surface area contributed by atoms with Crippen LogP contribution >= 0.6 is 0 Å². The van der Waals surface area contributed by atoms with Crippen LogP contribution in [0.5, 0.6) is 0 Å². The lowest BCUT2D eigenvalue weighted by Gasteiger charge is -2.23. The van der Waals surface area contributed by atoms with E-state index in [-0.39, 0.29) is 12.2 Å². The first-order chi connectivity index (χ1) is 10.6. The van der Waals surface area contributed by atoms with E-state index in [0.29, 0.717) is 11.3 Å². The predicted octanol–water partition coefficient (Wildman–Crippen LogP) is 3.25. The molecule has 0 heterocycles. The van der Waals surface area contributed by atoms with E-state index in [1.165, 1.54) is 0 Å². The molecule has 2 aromatic carbocycles. The van der Waals surface area contributed by atoms with Crippen LogP contribution in [-0.2, 0) is 22.7 Å². The smallest absolute Gasteiger partial charge is 0.399 e. The van der Waals surface area contributed by atoms with Gasteiger partial charge in [-0.15, -0.1) is 0 Å². The third-order valence-electron chi connectivity index (χ3n) is 3.19. The van der Waals surface area contributed by atoms with Gasteiger partial charge in [-0.05, 0) is 42.0 Å². The maximum Gasteiger partial charge on any atom is 0.416 e. The van der Waals surface area contributed by atoms with Crippen molar-refractivity contribution in [2.45, 2.75) is 12.7 Å². The lowest BCUT2D eigenvalue weighted by molar-refractivity contribution is -0.137. The van der Waals surface area contributed by atoms with Crippen molar-refractivity contribution in [2.24, 2.45) is 0 Å². The van der Waals surface area contributed by atoms with Gasteiger partial charge in [-0.3, -0.25) is 4.31 Å². The fourth-order valence-electron chi connectivity index (χ4n) is 2.01. The van der Waals surface area contributed by atoms with E-state index in [0.717, 1.165) is 34.8 Å². The largest absolute Gasteiger partial charge is 0.416 e. The second-order valence-electron chi connectivity index (χ2n) is 5.06. The third kappa shape index (κ3) is 4.38. The van der Waals surface area contributed by atoms with E-state index in [1.54, 1.807) is 24.3 Å². The highest BCUT2D eigenvalue weighted by Crippen LogP contribution is 2.31. The van der Waals surface area contributed by atoms with E-state index in [2.05, 4.69) is 0 Å². The highest BCUT2D eigenvalue weighted by atomic mass is 32.2. The minimum absolute atomic E-state index is 0.00444. The van der Waals surface area contributed by atoms with Crippen molar-refractivity contribution in [2.75, 3.05) is 16.3 Å². The van der Waals surface area contributed by atoms with E-state index in [9.17, 15) is 21.6 Å². The number of nitrogens with zero attached hydrogens (tertiary/aromatic N) is 1. The highest BCUT2D eigenvalue weighted by Gasteiger charge is 2.30. The number of rotatable bonds is 4. The number of sulfonamides is 1. The zero-order chi connectivity index (χ0) is 17.3. The number of hydrogen-bond acceptors (Lipinski definition) is 3. The Hall–Kier alpha value is -2.22. The Balaban J connectivity index is 2.34. The lowest BCUT2D eigenvalue weighted by Crippen LogP contribution is -2.29. The standard InChI is InChI=1S/C15H15F3N2O2S/c1-23(21,22)20(10-11-2-6-13(19)7-3-11)14-8-4-12(5-9-14)15(16,17)18/h2-9H,10,19H2,1H3. The number of nitrogen functional groups attached to an aromatic ring is 1. The van der Waals surface area contributed by atoms with Crippen molar-refractivity contribution in [3.63, 3.8) is 0 Å². The SMILES string of the molecule is CS(=O)(=O)N(Cc1ccc(N)cc1)c1ccc(C(F)(F)F)cc1. The van der Waals surface area contributed by atoms with Gasteiger partial charge in [0.05, 0.1) is 24.1 Å². The minimum atomic E-state index is -4.47. The summed E-state index contributed by atoms with van der Waals surface area (Å²) in [5.74, 6) is 0. The Morgan fingerprint density at radius 2 is 1.52 bits per heavy atom. The summed E-state index contributed by atoms with van der Waals surface area (Å²) in [5.41, 5.74) is 6.11. The van der Waals surface area contributed by atoms with Gasteiger partial charge in [0.15, 0.2) is 0 Å². The summed E-state index contributed by atoms with van der Waals surface area (Å²) >= 11 is 0. The zero-order valence-corrected chi connectivity index (χ0v) is 13.0. The summed E-state index contributed by atoms with van der Waals surface area (Å²) < 4.78 is 62.8. The quantitative estimate of drug-likeness (QED) is 0.866. The zero-order valence-electron chi connectivity index (χ0n) is 12.2. The molecule has 0 saturated carbocycles. The van der Waals surface area contributed by atoms with Gasteiger partial charge in [0.1, 0.15) is 0 Å². The monoisotopic (exact) mass is 344 g/mol. The van der Waals surface area contributed by atoms with Gasteiger partial charge in [0.2, 0.25) is 10.0 Å². The summed E-state index contributed by atoms with van der Waals surface area (Å²) in [6.45, 7) is 0.00444. The van der Waals surface area contributed by atoms with E-state index in [4.69, 9.17) is 5.73 Å². The van der Waals surface area contributed by atoms with Crippen molar-refractivity contribution in [3.05, 3.63) is 59.7 Å². The molecular formula is C15H15F3N2O2S. The van der Waals surface area contributed by atoms with Gasteiger partial charge in [-0.1, -0.05) is 12.1 Å². The molecule has 2 aromatic rings. The van der Waals surface area contributed by atoms with Crippen LogP contribution < -0.4 is 10.0 Å². The van der Waals surface area contributed by atoms with Gasteiger partial charge < -0.3 is 5.73 Å². The van der Waals surface area contributed by atoms with Crippen molar-refractivity contribution in [3.8, 4) is 0 Å². The Morgan fingerprint density at radius 3 is 1.96 bits per heavy atom. The Labute approximate surface area is 132 Å². The van der Waals surface area contributed by atoms with Crippen molar-refractivity contribution in [1.29, 1.82) is 0 Å². The number of alkyl halides is 3. The van der Waals surface area contributed by atoms with Crippen LogP contribution in [0.1, 0.15) is 11.1 Å². The van der Waals surface area contributed by atoms with Gasteiger partial charge in [0, 0.05) is 5.69 Å². The fourth-order valence-corrected chi connectivity index (χ4v) is 2.89. The van der Waals surface area contributed by atoms with Crippen molar-refractivity contribution >= 4 is 21.4 Å². The first kappa shape index (κ1) is 17.1. The van der Waals surface area contributed by atoms with Crippen LogP contribution in [0.25, 0.3) is 0 Å². The van der Waals surface area contributed by atoms with E-state index < -0.39 is 21.8 Å². The highest BCUT2D eigenvalue weighted by molar-refractivity contribution is 7.92. The number of anilines is 2. The third-order valence-corrected chi connectivity index (χ3v) is 4.33. The number of halogens is 3. The molecule has 2 rings (SSSR count). The molecule has 0 aromatic heterocycles. The molecule has 4 nitrogen and oxygen atoms in total. The van der Waals surface area contributed by atoms with Crippen LogP contribution in [0.3, 0.4) is 0 Å². The maximum atomic E-state index is 12.6. The van der Waals surface area contributed by atoms with Gasteiger partial charge in [0.25, 0.3) is 0 Å². The molecule has 0 unspecified atom stereocenters. The number of benzene rings is 2. The molecule has 0 saturated heterocycles. The molecule has 0 aliphatic rings. The topological polar surface area (TPSA) is 63.4 Å². The Morgan fingerprint density at radius 1 is 1.00 bits per heavy atom. The number of hydrogen-bond donors (Lipinski definition) is 1. The molecule has 0 spiro atoms. The molecule has 0 bridgehead atoms. The average Bonchev–Trinajstić information content (AvgIpc) is 2.44.